The van der Waals surface area contributed by atoms with Crippen molar-refractivity contribution >= 4 is 29.9 Å². The number of ether oxygens (including phenoxy) is 1. The van der Waals surface area contributed by atoms with Crippen LogP contribution in [0, 0.1) is 5.92 Å². The predicted octanol–water partition coefficient (Wildman–Crippen LogP) is 4.08. The molecule has 6 heteroatoms. The van der Waals surface area contributed by atoms with E-state index in [9.17, 15) is 4.79 Å². The van der Waals surface area contributed by atoms with Crippen LogP contribution in [0.1, 0.15) is 24.5 Å². The number of halogens is 2. The standard InChI is InChI=1S/C21H25ClN2O2.ClH/c1-15-9-18(12-23)13-24(15)21(25)11-17-3-2-4-20(10-17)26-14-16-5-7-19(22)8-6-16;/h2-8,10,15,18H,9,11-14,23H2,1H3;1H. The first-order chi connectivity index (χ1) is 12.5. The Bertz CT molecular complexity index is 752. The van der Waals surface area contributed by atoms with Crippen molar-refractivity contribution in [3.05, 3.63) is 64.7 Å². The molecule has 2 N–H and O–H groups in total. The van der Waals surface area contributed by atoms with E-state index in [0.29, 0.717) is 30.5 Å². The van der Waals surface area contributed by atoms with Gasteiger partial charge in [-0.1, -0.05) is 35.9 Å². The Morgan fingerprint density at radius 3 is 2.63 bits per heavy atom. The third-order valence-corrected chi connectivity index (χ3v) is 5.14. The van der Waals surface area contributed by atoms with Gasteiger partial charge in [0.25, 0.3) is 0 Å². The quantitative estimate of drug-likeness (QED) is 0.782. The highest BCUT2D eigenvalue weighted by Crippen LogP contribution is 2.24. The van der Waals surface area contributed by atoms with Crippen molar-refractivity contribution in [2.75, 3.05) is 13.1 Å². The van der Waals surface area contributed by atoms with Crippen molar-refractivity contribution in [2.24, 2.45) is 11.7 Å². The lowest BCUT2D eigenvalue weighted by Gasteiger charge is -2.21. The minimum Gasteiger partial charge on any atom is -0.489 e. The molecule has 0 bridgehead atoms. The lowest BCUT2D eigenvalue weighted by molar-refractivity contribution is -0.131. The number of hydrogen-bond donors (Lipinski definition) is 1. The smallest absolute Gasteiger partial charge is 0.227 e. The lowest BCUT2D eigenvalue weighted by atomic mass is 10.1. The molecule has 1 aliphatic rings. The normalized spacial score (nSPS) is 18.9. The Hall–Kier alpha value is -1.75. The molecule has 146 valence electrons. The molecule has 2 aromatic rings. The summed E-state index contributed by atoms with van der Waals surface area (Å²) in [6, 6.07) is 15.6. The molecule has 1 aliphatic heterocycles. The molecule has 1 amide bonds. The topological polar surface area (TPSA) is 55.6 Å². The van der Waals surface area contributed by atoms with E-state index in [1.54, 1.807) is 0 Å². The number of amides is 1. The molecule has 1 saturated heterocycles. The average molecular weight is 409 g/mol. The molecule has 2 atom stereocenters. The maximum Gasteiger partial charge on any atom is 0.227 e. The van der Waals surface area contributed by atoms with Gasteiger partial charge in [-0.25, -0.2) is 0 Å². The molecule has 0 aliphatic carbocycles. The van der Waals surface area contributed by atoms with Crippen molar-refractivity contribution in [3.8, 4) is 5.75 Å². The Morgan fingerprint density at radius 2 is 1.96 bits per heavy atom. The van der Waals surface area contributed by atoms with Crippen molar-refractivity contribution in [1.82, 2.24) is 4.90 Å². The highest BCUT2D eigenvalue weighted by molar-refractivity contribution is 6.30. The number of benzene rings is 2. The van der Waals surface area contributed by atoms with Crippen LogP contribution in [0.4, 0.5) is 0 Å². The van der Waals surface area contributed by atoms with Crippen molar-refractivity contribution in [3.63, 3.8) is 0 Å². The van der Waals surface area contributed by atoms with Gasteiger partial charge in [0.15, 0.2) is 0 Å². The third kappa shape index (κ3) is 5.86. The molecule has 1 heterocycles. The first kappa shape index (κ1) is 21.5. The van der Waals surface area contributed by atoms with Gasteiger partial charge in [0.1, 0.15) is 12.4 Å². The van der Waals surface area contributed by atoms with Crippen LogP contribution in [0.2, 0.25) is 5.02 Å². The minimum atomic E-state index is 0. The van der Waals surface area contributed by atoms with Gasteiger partial charge in [0.05, 0.1) is 6.42 Å². The van der Waals surface area contributed by atoms with E-state index < -0.39 is 0 Å². The molecule has 2 unspecified atom stereocenters. The van der Waals surface area contributed by atoms with E-state index in [1.165, 1.54) is 0 Å². The summed E-state index contributed by atoms with van der Waals surface area (Å²) in [5.41, 5.74) is 7.77. The SMILES string of the molecule is CC1CC(CN)CN1C(=O)Cc1cccc(OCc2ccc(Cl)cc2)c1.Cl. The number of hydrogen-bond acceptors (Lipinski definition) is 3. The number of likely N-dealkylation sites (tertiary alicyclic amines) is 1. The molecule has 2 aromatic carbocycles. The molecule has 0 aromatic heterocycles. The Kier molecular flexibility index (Phi) is 7.96. The Labute approximate surface area is 172 Å². The molecule has 0 saturated carbocycles. The third-order valence-electron chi connectivity index (χ3n) is 4.89. The van der Waals surface area contributed by atoms with Gasteiger partial charge in [-0.15, -0.1) is 12.4 Å². The van der Waals surface area contributed by atoms with Crippen LogP contribution in [-0.2, 0) is 17.8 Å². The molecule has 27 heavy (non-hydrogen) atoms. The summed E-state index contributed by atoms with van der Waals surface area (Å²) >= 11 is 5.90. The van der Waals surface area contributed by atoms with E-state index in [-0.39, 0.29) is 24.4 Å². The number of carbonyl (C=O) groups is 1. The highest BCUT2D eigenvalue weighted by Gasteiger charge is 2.31. The van der Waals surface area contributed by atoms with Crippen LogP contribution >= 0.6 is 24.0 Å². The average Bonchev–Trinajstić information content (AvgIpc) is 3.03. The predicted molar refractivity (Wildman–Crippen MR) is 112 cm³/mol. The molecular formula is C21H26Cl2N2O2. The maximum atomic E-state index is 12.6. The van der Waals surface area contributed by atoms with Gasteiger partial charge in [-0.05, 0) is 61.2 Å². The molecule has 0 radical (unpaired) electrons. The van der Waals surface area contributed by atoms with Gasteiger partial charge in [-0.2, -0.15) is 0 Å². The zero-order valence-corrected chi connectivity index (χ0v) is 17.0. The zero-order chi connectivity index (χ0) is 18.5. The molecule has 1 fully saturated rings. The van der Waals surface area contributed by atoms with E-state index in [1.807, 2.05) is 53.4 Å². The van der Waals surface area contributed by atoms with Crippen molar-refractivity contribution in [1.29, 1.82) is 0 Å². The lowest BCUT2D eigenvalue weighted by Crippen LogP contribution is -2.35. The second kappa shape index (κ2) is 9.98. The molecule has 4 nitrogen and oxygen atoms in total. The largest absolute Gasteiger partial charge is 0.489 e. The Balaban J connectivity index is 0.00000261. The zero-order valence-electron chi connectivity index (χ0n) is 15.4. The fourth-order valence-electron chi connectivity index (χ4n) is 3.43. The van der Waals surface area contributed by atoms with Gasteiger partial charge in [-0.3, -0.25) is 4.79 Å². The molecule has 0 spiro atoms. The van der Waals surface area contributed by atoms with Crippen molar-refractivity contribution in [2.45, 2.75) is 32.4 Å². The van der Waals surface area contributed by atoms with Crippen LogP contribution < -0.4 is 10.5 Å². The summed E-state index contributed by atoms with van der Waals surface area (Å²) in [5.74, 6) is 1.34. The number of nitrogens with zero attached hydrogens (tertiary/aromatic N) is 1. The summed E-state index contributed by atoms with van der Waals surface area (Å²) < 4.78 is 5.85. The molecule has 3 rings (SSSR count). The van der Waals surface area contributed by atoms with Crippen LogP contribution in [0.3, 0.4) is 0 Å². The van der Waals surface area contributed by atoms with Crippen LogP contribution in [0.5, 0.6) is 5.75 Å². The molecular weight excluding hydrogens is 383 g/mol. The first-order valence-electron chi connectivity index (χ1n) is 9.01. The van der Waals surface area contributed by atoms with Gasteiger partial charge in [0.2, 0.25) is 5.91 Å². The van der Waals surface area contributed by atoms with E-state index >= 15 is 0 Å². The van der Waals surface area contributed by atoms with Crippen LogP contribution in [-0.4, -0.2) is 29.9 Å². The van der Waals surface area contributed by atoms with Gasteiger partial charge >= 0.3 is 0 Å². The highest BCUT2D eigenvalue weighted by atomic mass is 35.5. The Morgan fingerprint density at radius 1 is 1.22 bits per heavy atom. The number of nitrogens with two attached hydrogens (primary N) is 1. The number of carbonyl (C=O) groups excluding carboxylic acids is 1. The van der Waals surface area contributed by atoms with E-state index in [2.05, 4.69) is 6.92 Å². The van der Waals surface area contributed by atoms with Crippen LogP contribution in [0.25, 0.3) is 0 Å². The summed E-state index contributed by atoms with van der Waals surface area (Å²) in [7, 11) is 0. The van der Waals surface area contributed by atoms with Gasteiger partial charge < -0.3 is 15.4 Å². The maximum absolute atomic E-state index is 12.6. The second-order valence-electron chi connectivity index (χ2n) is 6.97. The summed E-state index contributed by atoms with van der Waals surface area (Å²) in [5, 5.41) is 0.710. The number of rotatable bonds is 6. The van der Waals surface area contributed by atoms with E-state index in [4.69, 9.17) is 22.1 Å². The minimum absolute atomic E-state index is 0. The van der Waals surface area contributed by atoms with Crippen LogP contribution in [0.15, 0.2) is 48.5 Å². The second-order valence-corrected chi connectivity index (χ2v) is 7.41. The van der Waals surface area contributed by atoms with Gasteiger partial charge in [0, 0.05) is 17.6 Å². The fraction of sp³-hybridized carbons (Fsp3) is 0.381. The summed E-state index contributed by atoms with van der Waals surface area (Å²) in [4.78, 5) is 14.6. The van der Waals surface area contributed by atoms with Crippen molar-refractivity contribution < 1.29 is 9.53 Å². The summed E-state index contributed by atoms with van der Waals surface area (Å²) in [6.45, 7) is 3.97. The summed E-state index contributed by atoms with van der Waals surface area (Å²) in [6.07, 6.45) is 1.38. The van der Waals surface area contributed by atoms with E-state index in [0.717, 1.165) is 29.8 Å². The monoisotopic (exact) mass is 408 g/mol. The fourth-order valence-corrected chi connectivity index (χ4v) is 3.56. The first-order valence-corrected chi connectivity index (χ1v) is 9.38.